The minimum atomic E-state index is -0.863. The van der Waals surface area contributed by atoms with E-state index in [-0.39, 0.29) is 44.6 Å². The van der Waals surface area contributed by atoms with Gasteiger partial charge in [-0.05, 0) is 19.3 Å². The third-order valence-corrected chi connectivity index (χ3v) is 8.09. The van der Waals surface area contributed by atoms with E-state index >= 15 is 0 Å². The number of carbonyl (C=O) groups is 3. The van der Waals surface area contributed by atoms with Crippen molar-refractivity contribution < 1.29 is 66.9 Å². The maximum Gasteiger partial charge on any atom is 0.305 e. The first kappa shape index (κ1) is 52.1. The van der Waals surface area contributed by atoms with Gasteiger partial charge in [-0.1, -0.05) is 84.0 Å². The summed E-state index contributed by atoms with van der Waals surface area (Å²) in [6, 6.07) is 0. The fraction of sp³-hybridized carbons (Fsp3) is 0.925. The van der Waals surface area contributed by atoms with Crippen molar-refractivity contribution in [3.63, 3.8) is 0 Å². The Morgan fingerprint density at radius 3 is 0.815 bits per heavy atom. The van der Waals surface area contributed by atoms with Gasteiger partial charge in [0.25, 0.3) is 0 Å². The Balaban J connectivity index is 3.16. The lowest BCUT2D eigenvalue weighted by Gasteiger charge is -2.09. The first-order chi connectivity index (χ1) is 26.6. The highest BCUT2D eigenvalue weighted by Gasteiger charge is 2.05. The van der Waals surface area contributed by atoms with E-state index in [9.17, 15) is 14.4 Å². The monoisotopic (exact) mass is 781 g/mol. The number of unbranched alkanes of at least 4 members (excludes halogenated alkanes) is 13. The second-order valence-electron chi connectivity index (χ2n) is 12.9. The van der Waals surface area contributed by atoms with Crippen molar-refractivity contribution in [2.45, 2.75) is 122 Å². The van der Waals surface area contributed by atoms with Crippen molar-refractivity contribution in [2.24, 2.45) is 0 Å². The smallest absolute Gasteiger partial charge is 0.305 e. The Kier molecular flexibility index (Phi) is 43.9. The van der Waals surface area contributed by atoms with Gasteiger partial charge in [-0.3, -0.25) is 14.4 Å². The molecule has 0 atom stereocenters. The van der Waals surface area contributed by atoms with Crippen molar-refractivity contribution in [2.75, 3.05) is 119 Å². The largest absolute Gasteiger partial charge is 0.481 e. The standard InChI is InChI=1S/C40H76O14/c1-2-3-4-5-6-7-8-9-10-11-12-13-14-18-39(43)53-36-34-51-32-30-49-28-26-47-24-22-45-20-21-46-23-25-48-27-29-50-31-33-52-35-37-54-40(44)19-16-15-17-38(41)42/h2-37H2,1H3,(H,41,42). The molecule has 0 aliphatic carbocycles. The van der Waals surface area contributed by atoms with E-state index in [2.05, 4.69) is 6.92 Å². The average molecular weight is 781 g/mol. The van der Waals surface area contributed by atoms with Gasteiger partial charge in [-0.15, -0.1) is 0 Å². The van der Waals surface area contributed by atoms with Crippen LogP contribution in [0.25, 0.3) is 0 Å². The number of hydrogen-bond acceptors (Lipinski definition) is 13. The van der Waals surface area contributed by atoms with Crippen molar-refractivity contribution in [3.8, 4) is 0 Å². The summed E-state index contributed by atoms with van der Waals surface area (Å²) < 4.78 is 53.8. The Morgan fingerprint density at radius 1 is 0.315 bits per heavy atom. The predicted octanol–water partition coefficient (Wildman–Crippen LogP) is 6.33. The summed E-state index contributed by atoms with van der Waals surface area (Å²) in [5.74, 6) is -1.35. The lowest BCUT2D eigenvalue weighted by atomic mass is 10.0. The highest BCUT2D eigenvalue weighted by atomic mass is 16.6. The van der Waals surface area contributed by atoms with E-state index in [0.29, 0.717) is 118 Å². The number of carbonyl (C=O) groups excluding carboxylic acids is 2. The van der Waals surface area contributed by atoms with Gasteiger partial charge in [0.05, 0.1) is 106 Å². The summed E-state index contributed by atoms with van der Waals surface area (Å²) in [6.07, 6.45) is 18.5. The van der Waals surface area contributed by atoms with Gasteiger partial charge in [-0.2, -0.15) is 0 Å². The molecule has 0 aliphatic heterocycles. The van der Waals surface area contributed by atoms with Gasteiger partial charge in [-0.25, -0.2) is 0 Å². The van der Waals surface area contributed by atoms with Crippen LogP contribution in [0.4, 0.5) is 0 Å². The maximum atomic E-state index is 11.9. The molecule has 0 aromatic carbocycles. The number of carboxylic acids is 1. The van der Waals surface area contributed by atoms with Crippen LogP contribution in [0.2, 0.25) is 0 Å². The lowest BCUT2D eigenvalue weighted by Crippen LogP contribution is -2.15. The highest BCUT2D eigenvalue weighted by molar-refractivity contribution is 5.70. The molecule has 1 N–H and O–H groups in total. The molecular formula is C40H76O14. The van der Waals surface area contributed by atoms with E-state index in [4.69, 9.17) is 52.5 Å². The molecule has 0 bridgehead atoms. The molecule has 0 radical (unpaired) electrons. The van der Waals surface area contributed by atoms with Crippen LogP contribution in [0.15, 0.2) is 0 Å². The maximum absolute atomic E-state index is 11.9. The second-order valence-corrected chi connectivity index (χ2v) is 12.9. The molecule has 0 aromatic heterocycles. The highest BCUT2D eigenvalue weighted by Crippen LogP contribution is 2.13. The van der Waals surface area contributed by atoms with Crippen molar-refractivity contribution in [1.29, 1.82) is 0 Å². The summed E-state index contributed by atoms with van der Waals surface area (Å²) in [5.41, 5.74) is 0. The molecule has 0 unspecified atom stereocenters. The topological polar surface area (TPSA) is 164 Å². The van der Waals surface area contributed by atoms with Crippen LogP contribution in [0, 0.1) is 0 Å². The van der Waals surface area contributed by atoms with E-state index in [1.165, 1.54) is 70.6 Å². The minimum absolute atomic E-state index is 0.0589. The third-order valence-electron chi connectivity index (χ3n) is 8.09. The Morgan fingerprint density at radius 2 is 0.537 bits per heavy atom. The summed E-state index contributed by atoms with van der Waals surface area (Å²) in [5, 5.41) is 8.56. The Hall–Kier alpha value is -1.91. The predicted molar refractivity (Wildman–Crippen MR) is 205 cm³/mol. The molecule has 0 amide bonds. The van der Waals surface area contributed by atoms with Crippen molar-refractivity contribution in [3.05, 3.63) is 0 Å². The number of ether oxygens (including phenoxy) is 10. The lowest BCUT2D eigenvalue weighted by molar-refractivity contribution is -0.146. The molecule has 54 heavy (non-hydrogen) atoms. The summed E-state index contributed by atoms with van der Waals surface area (Å²) in [4.78, 5) is 33.8. The molecular weight excluding hydrogens is 704 g/mol. The van der Waals surface area contributed by atoms with E-state index < -0.39 is 5.97 Å². The van der Waals surface area contributed by atoms with Gasteiger partial charge in [0.1, 0.15) is 13.2 Å². The molecule has 0 fully saturated rings. The van der Waals surface area contributed by atoms with Gasteiger partial charge >= 0.3 is 17.9 Å². The molecule has 0 spiro atoms. The van der Waals surface area contributed by atoms with E-state index in [1.807, 2.05) is 0 Å². The molecule has 0 saturated heterocycles. The summed E-state index contributed by atoms with van der Waals surface area (Å²) in [7, 11) is 0. The molecule has 0 saturated carbocycles. The van der Waals surface area contributed by atoms with Gasteiger partial charge in [0.15, 0.2) is 0 Å². The zero-order valence-corrected chi connectivity index (χ0v) is 33.7. The molecule has 320 valence electrons. The molecule has 14 nitrogen and oxygen atoms in total. The number of esters is 2. The first-order valence-corrected chi connectivity index (χ1v) is 20.7. The molecule has 0 aromatic rings. The number of hydrogen-bond donors (Lipinski definition) is 1. The Bertz CT molecular complexity index is 801. The number of aliphatic carboxylic acids is 1. The van der Waals surface area contributed by atoms with Crippen LogP contribution in [0.1, 0.15) is 122 Å². The number of carboxylic acid groups (broad SMARTS) is 1. The number of rotatable bonds is 46. The van der Waals surface area contributed by atoms with Crippen LogP contribution in [0.5, 0.6) is 0 Å². The van der Waals surface area contributed by atoms with Crippen molar-refractivity contribution in [1.82, 2.24) is 0 Å². The fourth-order valence-electron chi connectivity index (χ4n) is 5.05. The normalized spacial score (nSPS) is 11.3. The third kappa shape index (κ3) is 46.2. The average Bonchev–Trinajstić information content (AvgIpc) is 3.16. The summed E-state index contributed by atoms with van der Waals surface area (Å²) >= 11 is 0. The van der Waals surface area contributed by atoms with Crippen LogP contribution in [0.3, 0.4) is 0 Å². The van der Waals surface area contributed by atoms with Gasteiger partial charge < -0.3 is 52.5 Å². The molecule has 14 heteroatoms. The molecule has 0 aliphatic rings. The van der Waals surface area contributed by atoms with Crippen molar-refractivity contribution >= 4 is 17.9 Å². The fourth-order valence-corrected chi connectivity index (χ4v) is 5.05. The van der Waals surface area contributed by atoms with E-state index in [1.54, 1.807) is 0 Å². The minimum Gasteiger partial charge on any atom is -0.481 e. The molecule has 0 rings (SSSR count). The van der Waals surface area contributed by atoms with Crippen LogP contribution in [-0.4, -0.2) is 142 Å². The van der Waals surface area contributed by atoms with E-state index in [0.717, 1.165) is 12.8 Å². The zero-order valence-electron chi connectivity index (χ0n) is 33.7. The zero-order chi connectivity index (χ0) is 39.3. The van der Waals surface area contributed by atoms with Gasteiger partial charge in [0, 0.05) is 19.3 Å². The second kappa shape index (κ2) is 45.5. The van der Waals surface area contributed by atoms with Crippen LogP contribution in [-0.2, 0) is 61.8 Å². The van der Waals surface area contributed by atoms with Crippen LogP contribution < -0.4 is 0 Å². The summed E-state index contributed by atoms with van der Waals surface area (Å²) in [6.45, 7) is 9.71. The first-order valence-electron chi connectivity index (χ1n) is 20.7. The quantitative estimate of drug-likeness (QED) is 0.0538. The van der Waals surface area contributed by atoms with Crippen LogP contribution >= 0.6 is 0 Å². The Labute approximate surface area is 325 Å². The molecule has 0 heterocycles. The SMILES string of the molecule is CCCCCCCCCCCCCCCC(=O)OCCOCCOCCOCCOCCOCCOCCOCCOCCOC(=O)CCCCC(=O)O. The van der Waals surface area contributed by atoms with Gasteiger partial charge in [0.2, 0.25) is 0 Å².